The molecule has 8 heteroatoms. The van der Waals surface area contributed by atoms with Gasteiger partial charge in [0.15, 0.2) is 0 Å². The minimum absolute atomic E-state index is 0.101. The Morgan fingerprint density at radius 3 is 2.57 bits per heavy atom. The molecule has 1 amide bonds. The maximum atomic E-state index is 12.4. The lowest BCUT2D eigenvalue weighted by atomic mass is 10.0. The maximum absolute atomic E-state index is 12.4. The lowest BCUT2D eigenvalue weighted by molar-refractivity contribution is -0.175. The number of aryl methyl sites for hydroxylation is 1. The van der Waals surface area contributed by atoms with E-state index in [9.17, 15) is 22.8 Å². The van der Waals surface area contributed by atoms with E-state index in [1.807, 2.05) is 12.1 Å². The van der Waals surface area contributed by atoms with Crippen LogP contribution in [0.3, 0.4) is 0 Å². The van der Waals surface area contributed by atoms with Gasteiger partial charge in [0.25, 0.3) is 0 Å². The van der Waals surface area contributed by atoms with E-state index in [0.29, 0.717) is 5.56 Å². The number of rotatable bonds is 4. The molecule has 0 fully saturated rings. The molecule has 23 heavy (non-hydrogen) atoms. The first-order valence-corrected chi connectivity index (χ1v) is 6.72. The van der Waals surface area contributed by atoms with Gasteiger partial charge in [-0.3, -0.25) is 4.79 Å². The highest BCUT2D eigenvalue weighted by atomic mass is 19.4. The Hall–Kier alpha value is -2.51. The molecule has 1 N–H and O–H groups in total. The number of para-hydroxylation sites is 1. The van der Waals surface area contributed by atoms with Gasteiger partial charge in [-0.25, -0.2) is 4.79 Å². The molecular formula is C15H15F3N2O3. The number of amides is 1. The Morgan fingerprint density at radius 2 is 1.96 bits per heavy atom. The predicted molar refractivity (Wildman–Crippen MR) is 76.6 cm³/mol. The van der Waals surface area contributed by atoms with Gasteiger partial charge in [-0.05, 0) is 11.6 Å². The maximum Gasteiger partial charge on any atom is 0.471 e. The standard InChI is InChI=1S/C15H15F3N2O3/c1-20-8-9(10-5-3-4-6-12(10)20)7-11(13(21)23-2)19-14(22)15(16,17)18/h3-6,8,11H,7H2,1-2H3,(H,19,22). The number of benzene rings is 1. The van der Waals surface area contributed by atoms with Crippen molar-refractivity contribution in [3.05, 3.63) is 36.0 Å². The zero-order valence-corrected chi connectivity index (χ0v) is 12.5. The van der Waals surface area contributed by atoms with Crippen LogP contribution in [-0.4, -0.2) is 35.8 Å². The van der Waals surface area contributed by atoms with Gasteiger partial charge in [-0.15, -0.1) is 0 Å². The number of ether oxygens (including phenoxy) is 1. The average molecular weight is 328 g/mol. The fourth-order valence-electron chi connectivity index (χ4n) is 2.38. The number of methoxy groups -OCH3 is 1. The number of halogens is 3. The number of carbonyl (C=O) groups excluding carboxylic acids is 2. The second-order valence-electron chi connectivity index (χ2n) is 5.03. The first-order chi connectivity index (χ1) is 10.7. The second kappa shape index (κ2) is 6.31. The van der Waals surface area contributed by atoms with Crippen LogP contribution in [0, 0.1) is 0 Å². The number of nitrogens with one attached hydrogen (secondary N) is 1. The van der Waals surface area contributed by atoms with Crippen molar-refractivity contribution in [2.24, 2.45) is 7.05 Å². The third-order valence-corrected chi connectivity index (χ3v) is 3.45. The number of hydrogen-bond acceptors (Lipinski definition) is 3. The summed E-state index contributed by atoms with van der Waals surface area (Å²) < 4.78 is 43.5. The highest BCUT2D eigenvalue weighted by Gasteiger charge is 2.41. The van der Waals surface area contributed by atoms with Crippen LogP contribution >= 0.6 is 0 Å². The summed E-state index contributed by atoms with van der Waals surface area (Å²) in [5.41, 5.74) is 1.51. The number of hydrogen-bond donors (Lipinski definition) is 1. The third kappa shape index (κ3) is 3.64. The zero-order chi connectivity index (χ0) is 17.2. The van der Waals surface area contributed by atoms with Crippen LogP contribution in [0.5, 0.6) is 0 Å². The number of nitrogens with zero attached hydrogens (tertiary/aromatic N) is 1. The molecule has 1 unspecified atom stereocenters. The molecule has 1 heterocycles. The number of aromatic nitrogens is 1. The van der Waals surface area contributed by atoms with E-state index in [1.54, 1.807) is 35.3 Å². The molecule has 1 aromatic heterocycles. The highest BCUT2D eigenvalue weighted by Crippen LogP contribution is 2.22. The normalized spacial score (nSPS) is 12.9. The summed E-state index contributed by atoms with van der Waals surface area (Å²) in [5.74, 6) is -3.11. The van der Waals surface area contributed by atoms with Gasteiger partial charge in [0.05, 0.1) is 7.11 Å². The quantitative estimate of drug-likeness (QED) is 0.873. The summed E-state index contributed by atoms with van der Waals surface area (Å²) in [6, 6.07) is 5.84. The topological polar surface area (TPSA) is 60.3 Å². The molecule has 0 aliphatic carbocycles. The van der Waals surface area contributed by atoms with E-state index < -0.39 is 24.1 Å². The molecule has 2 aromatic rings. The molecule has 0 spiro atoms. The first kappa shape index (κ1) is 16.9. The fourth-order valence-corrected chi connectivity index (χ4v) is 2.38. The van der Waals surface area contributed by atoms with Crippen LogP contribution in [0.4, 0.5) is 13.2 Å². The highest BCUT2D eigenvalue weighted by molar-refractivity contribution is 5.89. The number of alkyl halides is 3. The minimum atomic E-state index is -5.06. The SMILES string of the molecule is COC(=O)C(Cc1cn(C)c2ccccc12)NC(=O)C(F)(F)F. The van der Waals surface area contributed by atoms with Crippen LogP contribution in [0.1, 0.15) is 5.56 Å². The van der Waals surface area contributed by atoms with Gasteiger partial charge < -0.3 is 14.6 Å². The van der Waals surface area contributed by atoms with Gasteiger partial charge in [0, 0.05) is 30.6 Å². The molecule has 2 rings (SSSR count). The predicted octanol–water partition coefficient (Wildman–Crippen LogP) is 1.94. The van der Waals surface area contributed by atoms with Gasteiger partial charge in [-0.2, -0.15) is 13.2 Å². The molecule has 0 saturated heterocycles. The van der Waals surface area contributed by atoms with Gasteiger partial charge in [-0.1, -0.05) is 18.2 Å². The van der Waals surface area contributed by atoms with Crippen molar-refractivity contribution in [3.63, 3.8) is 0 Å². The van der Waals surface area contributed by atoms with E-state index in [1.165, 1.54) is 0 Å². The number of fused-ring (bicyclic) bond motifs is 1. The molecule has 0 aliphatic rings. The van der Waals surface area contributed by atoms with Crippen LogP contribution in [-0.2, 0) is 27.8 Å². The van der Waals surface area contributed by atoms with Crippen LogP contribution in [0.15, 0.2) is 30.5 Å². The van der Waals surface area contributed by atoms with Crippen molar-refractivity contribution in [1.29, 1.82) is 0 Å². The van der Waals surface area contributed by atoms with Gasteiger partial charge >= 0.3 is 18.1 Å². The van der Waals surface area contributed by atoms with E-state index >= 15 is 0 Å². The Balaban J connectivity index is 2.30. The van der Waals surface area contributed by atoms with Crippen LogP contribution in [0.25, 0.3) is 10.9 Å². The molecule has 0 saturated carbocycles. The average Bonchev–Trinajstić information content (AvgIpc) is 2.81. The van der Waals surface area contributed by atoms with Crippen molar-refractivity contribution >= 4 is 22.8 Å². The molecule has 0 aliphatic heterocycles. The van der Waals surface area contributed by atoms with Crippen molar-refractivity contribution in [2.75, 3.05) is 7.11 Å². The van der Waals surface area contributed by atoms with E-state index in [0.717, 1.165) is 18.0 Å². The Bertz CT molecular complexity index is 737. The second-order valence-corrected chi connectivity index (χ2v) is 5.03. The van der Waals surface area contributed by atoms with Crippen molar-refractivity contribution < 1.29 is 27.5 Å². The fraction of sp³-hybridized carbons (Fsp3) is 0.333. The lowest BCUT2D eigenvalue weighted by Crippen LogP contribution is -2.48. The lowest BCUT2D eigenvalue weighted by Gasteiger charge is -2.17. The Morgan fingerprint density at radius 1 is 1.30 bits per heavy atom. The van der Waals surface area contributed by atoms with Gasteiger partial charge in [0.1, 0.15) is 6.04 Å². The summed E-state index contributed by atoms with van der Waals surface area (Å²) >= 11 is 0. The molecule has 1 atom stereocenters. The summed E-state index contributed by atoms with van der Waals surface area (Å²) in [6.07, 6.45) is -3.46. The van der Waals surface area contributed by atoms with Crippen molar-refractivity contribution in [1.82, 2.24) is 9.88 Å². The Kier molecular flexibility index (Phi) is 4.63. The summed E-state index contributed by atoms with van der Waals surface area (Å²) in [7, 11) is 2.84. The van der Waals surface area contributed by atoms with Crippen LogP contribution < -0.4 is 5.32 Å². The number of esters is 1. The summed E-state index contributed by atoms with van der Waals surface area (Å²) in [4.78, 5) is 22.8. The van der Waals surface area contributed by atoms with Gasteiger partial charge in [0.2, 0.25) is 0 Å². The van der Waals surface area contributed by atoms with Crippen molar-refractivity contribution in [2.45, 2.75) is 18.6 Å². The largest absolute Gasteiger partial charge is 0.471 e. The Labute approximate surface area is 130 Å². The summed E-state index contributed by atoms with van der Waals surface area (Å²) in [5, 5.41) is 2.48. The molecule has 1 aromatic carbocycles. The molecule has 5 nitrogen and oxygen atoms in total. The van der Waals surface area contributed by atoms with Crippen LogP contribution in [0.2, 0.25) is 0 Å². The smallest absolute Gasteiger partial charge is 0.467 e. The summed E-state index contributed by atoms with van der Waals surface area (Å²) in [6.45, 7) is 0. The monoisotopic (exact) mass is 328 g/mol. The molecule has 0 radical (unpaired) electrons. The molecular weight excluding hydrogens is 313 g/mol. The van der Waals surface area contributed by atoms with E-state index in [2.05, 4.69) is 4.74 Å². The van der Waals surface area contributed by atoms with Crippen molar-refractivity contribution in [3.8, 4) is 0 Å². The molecule has 0 bridgehead atoms. The van der Waals surface area contributed by atoms with E-state index in [-0.39, 0.29) is 6.42 Å². The first-order valence-electron chi connectivity index (χ1n) is 6.72. The third-order valence-electron chi connectivity index (χ3n) is 3.45. The number of carbonyl (C=O) groups is 2. The molecule has 124 valence electrons. The van der Waals surface area contributed by atoms with E-state index in [4.69, 9.17) is 0 Å². The zero-order valence-electron chi connectivity index (χ0n) is 12.5. The minimum Gasteiger partial charge on any atom is -0.467 e.